The molecule has 0 radical (unpaired) electrons. The Kier molecular flexibility index (Phi) is 7.54. The van der Waals surface area contributed by atoms with Crippen LogP contribution < -0.4 is 0 Å². The van der Waals surface area contributed by atoms with E-state index in [-0.39, 0.29) is 5.92 Å². The number of aromatic carboxylic acids is 1. The maximum Gasteiger partial charge on any atom is 0.335 e. The van der Waals surface area contributed by atoms with Crippen molar-refractivity contribution in [1.82, 2.24) is 14.5 Å². The smallest absolute Gasteiger partial charge is 0.335 e. The molecular formula is C37H36ClN3O2. The Morgan fingerprint density at radius 2 is 1.56 bits per heavy atom. The molecule has 0 bridgehead atoms. The predicted octanol–water partition coefficient (Wildman–Crippen LogP) is 8.59. The molecule has 1 saturated carbocycles. The minimum atomic E-state index is -0.875. The van der Waals surface area contributed by atoms with Gasteiger partial charge in [0.1, 0.15) is 5.82 Å². The molecule has 4 aromatic carbocycles. The first-order valence-corrected chi connectivity index (χ1v) is 15.7. The molecule has 1 atom stereocenters. The number of nitrogens with zero attached hydrogens (tertiary/aromatic N) is 3. The average Bonchev–Trinajstić information content (AvgIpc) is 3.80. The number of benzene rings is 4. The molecule has 218 valence electrons. The molecule has 6 heteroatoms. The highest BCUT2D eigenvalue weighted by Crippen LogP contribution is 2.44. The Bertz CT molecular complexity index is 1720. The van der Waals surface area contributed by atoms with Gasteiger partial charge in [0.15, 0.2) is 0 Å². The SMILES string of the molecule is Cc1ccc(C(c2ccc(Cl)cc2)c2ccc3nc(C4CC4)n(C4CCN(Cc5cccc(C(=O)O)c5)CC4)c3c2)cc1. The van der Waals surface area contributed by atoms with Crippen molar-refractivity contribution in [1.29, 1.82) is 0 Å². The van der Waals surface area contributed by atoms with E-state index in [0.717, 1.165) is 48.6 Å². The highest BCUT2D eigenvalue weighted by molar-refractivity contribution is 6.30. The van der Waals surface area contributed by atoms with E-state index in [4.69, 9.17) is 16.6 Å². The third-order valence-corrected chi connectivity index (χ3v) is 9.39. The van der Waals surface area contributed by atoms with E-state index in [0.29, 0.717) is 17.5 Å². The number of aryl methyl sites for hydroxylation is 1. The van der Waals surface area contributed by atoms with E-state index in [2.05, 4.69) is 71.0 Å². The van der Waals surface area contributed by atoms with Crippen LogP contribution in [0.15, 0.2) is 91.0 Å². The van der Waals surface area contributed by atoms with Crippen LogP contribution in [0, 0.1) is 6.92 Å². The van der Waals surface area contributed by atoms with Crippen LogP contribution in [-0.2, 0) is 6.54 Å². The monoisotopic (exact) mass is 589 g/mol. The fraction of sp³-hybridized carbons (Fsp3) is 0.297. The highest BCUT2D eigenvalue weighted by atomic mass is 35.5. The zero-order valence-electron chi connectivity index (χ0n) is 24.4. The minimum absolute atomic E-state index is 0.0957. The Morgan fingerprint density at radius 1 is 0.884 bits per heavy atom. The molecule has 7 rings (SSSR count). The van der Waals surface area contributed by atoms with E-state index in [9.17, 15) is 9.90 Å². The molecule has 43 heavy (non-hydrogen) atoms. The molecule has 0 amide bonds. The van der Waals surface area contributed by atoms with Crippen molar-refractivity contribution in [3.05, 3.63) is 135 Å². The Balaban J connectivity index is 1.21. The number of rotatable bonds is 8. The highest BCUT2D eigenvalue weighted by Gasteiger charge is 2.33. The zero-order chi connectivity index (χ0) is 29.5. The van der Waals surface area contributed by atoms with Crippen molar-refractivity contribution in [3.63, 3.8) is 0 Å². The minimum Gasteiger partial charge on any atom is -0.478 e. The van der Waals surface area contributed by atoms with Crippen molar-refractivity contribution in [2.75, 3.05) is 13.1 Å². The van der Waals surface area contributed by atoms with Gasteiger partial charge in [0.2, 0.25) is 0 Å². The van der Waals surface area contributed by atoms with Gasteiger partial charge in [-0.05, 0) is 91.3 Å². The number of hydrogen-bond acceptors (Lipinski definition) is 3. The van der Waals surface area contributed by atoms with Crippen LogP contribution in [-0.4, -0.2) is 38.6 Å². The van der Waals surface area contributed by atoms with E-state index in [1.165, 1.54) is 46.4 Å². The van der Waals surface area contributed by atoms with Crippen molar-refractivity contribution in [2.24, 2.45) is 0 Å². The maximum absolute atomic E-state index is 11.4. The number of fused-ring (bicyclic) bond motifs is 1. The van der Waals surface area contributed by atoms with Gasteiger partial charge in [-0.15, -0.1) is 0 Å². The predicted molar refractivity (Wildman–Crippen MR) is 172 cm³/mol. The first kappa shape index (κ1) is 27.9. The molecule has 1 aliphatic carbocycles. The van der Waals surface area contributed by atoms with Crippen LogP contribution in [0.1, 0.15) is 87.6 Å². The summed E-state index contributed by atoms with van der Waals surface area (Å²) in [4.78, 5) is 19.1. The second-order valence-electron chi connectivity index (χ2n) is 12.3. The van der Waals surface area contributed by atoms with E-state index in [1.807, 2.05) is 24.3 Å². The lowest BCUT2D eigenvalue weighted by atomic mass is 9.84. The number of carbonyl (C=O) groups is 1. The molecule has 2 heterocycles. The van der Waals surface area contributed by atoms with E-state index < -0.39 is 5.97 Å². The maximum atomic E-state index is 11.4. The number of carboxylic acid groups (broad SMARTS) is 1. The molecule has 1 N–H and O–H groups in total. The van der Waals surface area contributed by atoms with Crippen molar-refractivity contribution < 1.29 is 9.90 Å². The Morgan fingerprint density at radius 3 is 2.23 bits per heavy atom. The van der Waals surface area contributed by atoms with Crippen molar-refractivity contribution in [3.8, 4) is 0 Å². The summed E-state index contributed by atoms with van der Waals surface area (Å²) in [5.41, 5.74) is 8.72. The first-order chi connectivity index (χ1) is 20.9. The van der Waals surface area contributed by atoms with Crippen LogP contribution in [0.5, 0.6) is 0 Å². The third-order valence-electron chi connectivity index (χ3n) is 9.13. The number of carboxylic acids is 1. The molecule has 5 nitrogen and oxygen atoms in total. The van der Waals surface area contributed by atoms with Gasteiger partial charge in [-0.1, -0.05) is 71.8 Å². The standard InChI is InChI=1S/C37H36ClN3O2/c1-24-5-7-26(8-6-24)35(27-11-14-31(38)15-12-27)29-13-16-33-34(22-29)41(36(39-33)28-9-10-28)32-17-19-40(20-18-32)23-25-3-2-4-30(21-25)37(42)43/h2-8,11-16,21-22,28,32,35H,9-10,17-20,23H2,1H3,(H,42,43). The molecule has 1 saturated heterocycles. The summed E-state index contributed by atoms with van der Waals surface area (Å²) >= 11 is 6.29. The van der Waals surface area contributed by atoms with Crippen LogP contribution in [0.4, 0.5) is 0 Å². The number of hydrogen-bond donors (Lipinski definition) is 1. The lowest BCUT2D eigenvalue weighted by Gasteiger charge is -2.34. The summed E-state index contributed by atoms with van der Waals surface area (Å²) in [7, 11) is 0. The summed E-state index contributed by atoms with van der Waals surface area (Å²) in [6.45, 7) is 4.85. The van der Waals surface area contributed by atoms with Crippen LogP contribution in [0.25, 0.3) is 11.0 Å². The summed E-state index contributed by atoms with van der Waals surface area (Å²) in [5.74, 6) is 1.02. The molecule has 1 aromatic heterocycles. The van der Waals surface area contributed by atoms with E-state index in [1.54, 1.807) is 12.1 Å². The molecule has 0 spiro atoms. The lowest BCUT2D eigenvalue weighted by molar-refractivity contribution is 0.0696. The summed E-state index contributed by atoms with van der Waals surface area (Å²) in [6, 6.07) is 31.7. The topological polar surface area (TPSA) is 58.4 Å². The Labute approximate surface area is 257 Å². The van der Waals surface area contributed by atoms with Crippen LogP contribution >= 0.6 is 11.6 Å². The zero-order valence-corrected chi connectivity index (χ0v) is 25.2. The number of halogens is 1. The van der Waals surface area contributed by atoms with Gasteiger partial charge in [0, 0.05) is 42.5 Å². The third kappa shape index (κ3) is 5.84. The number of likely N-dealkylation sites (tertiary alicyclic amines) is 1. The molecule has 1 aliphatic heterocycles. The van der Waals surface area contributed by atoms with Crippen molar-refractivity contribution in [2.45, 2.75) is 57.0 Å². The number of aromatic nitrogens is 2. The van der Waals surface area contributed by atoms with Gasteiger partial charge in [-0.3, -0.25) is 4.90 Å². The van der Waals surface area contributed by atoms with Gasteiger partial charge in [0.25, 0.3) is 0 Å². The van der Waals surface area contributed by atoms with Gasteiger partial charge >= 0.3 is 5.97 Å². The lowest BCUT2D eigenvalue weighted by Crippen LogP contribution is -2.34. The number of piperidine rings is 1. The van der Waals surface area contributed by atoms with Gasteiger partial charge in [-0.25, -0.2) is 9.78 Å². The van der Waals surface area contributed by atoms with Crippen molar-refractivity contribution >= 4 is 28.6 Å². The largest absolute Gasteiger partial charge is 0.478 e. The molecule has 2 aliphatic rings. The van der Waals surface area contributed by atoms with Crippen LogP contribution in [0.3, 0.4) is 0 Å². The molecule has 1 unspecified atom stereocenters. The summed E-state index contributed by atoms with van der Waals surface area (Å²) < 4.78 is 2.58. The van der Waals surface area contributed by atoms with Gasteiger partial charge < -0.3 is 9.67 Å². The number of imidazole rings is 1. The normalized spacial score (nSPS) is 16.9. The fourth-order valence-corrected chi connectivity index (χ4v) is 6.84. The Hall–Kier alpha value is -3.93. The molecular weight excluding hydrogens is 554 g/mol. The fourth-order valence-electron chi connectivity index (χ4n) is 6.71. The quantitative estimate of drug-likeness (QED) is 0.184. The summed E-state index contributed by atoms with van der Waals surface area (Å²) in [6.07, 6.45) is 4.52. The van der Waals surface area contributed by atoms with E-state index >= 15 is 0 Å². The molecule has 5 aromatic rings. The van der Waals surface area contributed by atoms with Gasteiger partial charge in [-0.2, -0.15) is 0 Å². The second-order valence-corrected chi connectivity index (χ2v) is 12.7. The summed E-state index contributed by atoms with van der Waals surface area (Å²) in [5, 5.41) is 10.1. The first-order valence-electron chi connectivity index (χ1n) is 15.3. The molecule has 2 fully saturated rings. The second kappa shape index (κ2) is 11.6. The average molecular weight is 590 g/mol. The van der Waals surface area contributed by atoms with Gasteiger partial charge in [0.05, 0.1) is 16.6 Å². The van der Waals surface area contributed by atoms with Crippen LogP contribution in [0.2, 0.25) is 5.02 Å².